The predicted octanol–water partition coefficient (Wildman–Crippen LogP) is 3.94. The van der Waals surface area contributed by atoms with E-state index >= 15 is 0 Å². The summed E-state index contributed by atoms with van der Waals surface area (Å²) in [5.74, 6) is 0.319. The highest BCUT2D eigenvalue weighted by Crippen LogP contribution is 2.45. The molecule has 2 fully saturated rings. The summed E-state index contributed by atoms with van der Waals surface area (Å²) in [5, 5.41) is 0. The number of hydrogen-bond donors (Lipinski definition) is 0. The third-order valence-electron chi connectivity index (χ3n) is 7.40. The van der Waals surface area contributed by atoms with Crippen molar-refractivity contribution in [2.75, 3.05) is 20.1 Å². The van der Waals surface area contributed by atoms with E-state index in [1.54, 1.807) is 12.5 Å². The molecule has 2 aromatic carbocycles. The summed E-state index contributed by atoms with van der Waals surface area (Å²) in [6, 6.07) is 18.2. The molecule has 5 rings (SSSR count). The van der Waals surface area contributed by atoms with Gasteiger partial charge in [-0.3, -0.25) is 9.59 Å². The number of likely N-dealkylation sites (N-methyl/N-ethyl adjacent to an activating group) is 1. The number of nitrogens with zero attached hydrogens (tertiary/aromatic N) is 4. The van der Waals surface area contributed by atoms with Crippen LogP contribution in [0.3, 0.4) is 0 Å². The molecule has 2 aliphatic heterocycles. The highest BCUT2D eigenvalue weighted by molar-refractivity contribution is 5.95. The van der Waals surface area contributed by atoms with Crippen LogP contribution in [0, 0.1) is 0 Å². The van der Waals surface area contributed by atoms with E-state index in [2.05, 4.69) is 17.1 Å². The monoisotopic (exact) mass is 442 g/mol. The number of carbonyl (C=O) groups excluding carboxylic acids is 2. The summed E-state index contributed by atoms with van der Waals surface area (Å²) in [4.78, 5) is 34.6. The quantitative estimate of drug-likeness (QED) is 0.615. The van der Waals surface area contributed by atoms with Crippen LogP contribution in [0.5, 0.6) is 0 Å². The number of imidazole rings is 1. The smallest absolute Gasteiger partial charge is 0.253 e. The first-order valence-electron chi connectivity index (χ1n) is 11.7. The van der Waals surface area contributed by atoms with Gasteiger partial charge in [0, 0.05) is 57.0 Å². The molecule has 0 aliphatic carbocycles. The average molecular weight is 443 g/mol. The Morgan fingerprint density at radius 2 is 1.97 bits per heavy atom. The standard InChI is InChI=1S/C27H30N4O2/c1-29-25(32)12-5-6-13-27(29)19-31(18-24(27)22-9-3-2-4-10-22)26(33)23-11-7-8-21(16-23)17-30-15-14-28-20-30/h2-4,7-11,14-16,20,24H,5-6,12-13,17-19H2,1H3/t24-,27+/m0/s1. The summed E-state index contributed by atoms with van der Waals surface area (Å²) in [6.45, 7) is 1.86. The maximum Gasteiger partial charge on any atom is 0.253 e. The molecule has 2 aliphatic rings. The molecule has 2 saturated heterocycles. The van der Waals surface area contributed by atoms with E-state index in [1.807, 2.05) is 70.1 Å². The lowest BCUT2D eigenvalue weighted by atomic mass is 9.78. The van der Waals surface area contributed by atoms with Gasteiger partial charge in [0.1, 0.15) is 0 Å². The Morgan fingerprint density at radius 3 is 2.76 bits per heavy atom. The Balaban J connectivity index is 1.46. The molecular weight excluding hydrogens is 412 g/mol. The zero-order chi connectivity index (χ0) is 22.8. The molecule has 1 spiro atoms. The average Bonchev–Trinajstić information content (AvgIpc) is 3.47. The fourth-order valence-electron chi connectivity index (χ4n) is 5.61. The van der Waals surface area contributed by atoms with Crippen molar-refractivity contribution in [2.45, 2.75) is 43.7 Å². The highest BCUT2D eigenvalue weighted by Gasteiger charge is 2.52. The number of likely N-dealkylation sites (tertiary alicyclic amines) is 2. The van der Waals surface area contributed by atoms with Crippen molar-refractivity contribution in [2.24, 2.45) is 0 Å². The fourth-order valence-corrected chi connectivity index (χ4v) is 5.61. The number of carbonyl (C=O) groups is 2. The number of amides is 2. The summed E-state index contributed by atoms with van der Waals surface area (Å²) < 4.78 is 1.99. The van der Waals surface area contributed by atoms with E-state index in [9.17, 15) is 9.59 Å². The second-order valence-electron chi connectivity index (χ2n) is 9.35. The Morgan fingerprint density at radius 1 is 1.12 bits per heavy atom. The fraction of sp³-hybridized carbons (Fsp3) is 0.370. The van der Waals surface area contributed by atoms with Crippen molar-refractivity contribution in [3.05, 3.63) is 90.0 Å². The van der Waals surface area contributed by atoms with E-state index in [0.29, 0.717) is 31.6 Å². The number of rotatable bonds is 4. The van der Waals surface area contributed by atoms with Crippen LogP contribution in [0.15, 0.2) is 73.3 Å². The zero-order valence-corrected chi connectivity index (χ0v) is 19.1. The predicted molar refractivity (Wildman–Crippen MR) is 127 cm³/mol. The van der Waals surface area contributed by atoms with E-state index < -0.39 is 0 Å². The van der Waals surface area contributed by atoms with Crippen molar-refractivity contribution in [1.29, 1.82) is 0 Å². The van der Waals surface area contributed by atoms with Crippen LogP contribution in [0.4, 0.5) is 0 Å². The van der Waals surface area contributed by atoms with Gasteiger partial charge in [0.25, 0.3) is 5.91 Å². The number of aromatic nitrogens is 2. The van der Waals surface area contributed by atoms with Crippen LogP contribution in [0.2, 0.25) is 0 Å². The van der Waals surface area contributed by atoms with Gasteiger partial charge in [0.2, 0.25) is 5.91 Å². The van der Waals surface area contributed by atoms with Crippen molar-refractivity contribution < 1.29 is 9.59 Å². The molecule has 2 amide bonds. The van der Waals surface area contributed by atoms with E-state index in [-0.39, 0.29) is 23.3 Å². The van der Waals surface area contributed by atoms with Crippen LogP contribution in [-0.2, 0) is 11.3 Å². The van der Waals surface area contributed by atoms with Gasteiger partial charge >= 0.3 is 0 Å². The van der Waals surface area contributed by atoms with Crippen LogP contribution in [0.25, 0.3) is 0 Å². The van der Waals surface area contributed by atoms with Crippen LogP contribution in [-0.4, -0.2) is 56.8 Å². The maximum absolute atomic E-state index is 13.7. The summed E-state index contributed by atoms with van der Waals surface area (Å²) in [6.07, 6.45) is 8.87. The Kier molecular flexibility index (Phi) is 5.75. The largest absolute Gasteiger partial charge is 0.338 e. The van der Waals surface area contributed by atoms with E-state index in [1.165, 1.54) is 5.56 Å². The SMILES string of the molecule is CN1C(=O)CCCC[C@]12CN(C(=O)c1cccc(Cn3ccnc3)c1)C[C@H]2c1ccccc1. The minimum Gasteiger partial charge on any atom is -0.338 e. The normalized spacial score (nSPS) is 23.2. The molecule has 3 heterocycles. The molecule has 1 aromatic heterocycles. The Labute approximate surface area is 194 Å². The van der Waals surface area contributed by atoms with Crippen molar-refractivity contribution >= 4 is 11.8 Å². The van der Waals surface area contributed by atoms with Gasteiger partial charge in [0.05, 0.1) is 11.9 Å². The lowest BCUT2D eigenvalue weighted by Gasteiger charge is -2.42. The third-order valence-corrected chi connectivity index (χ3v) is 7.40. The van der Waals surface area contributed by atoms with Crippen LogP contribution >= 0.6 is 0 Å². The second kappa shape index (κ2) is 8.85. The second-order valence-corrected chi connectivity index (χ2v) is 9.35. The zero-order valence-electron chi connectivity index (χ0n) is 19.1. The van der Waals surface area contributed by atoms with E-state index in [0.717, 1.165) is 24.8 Å². The molecule has 0 saturated carbocycles. The minimum absolute atomic E-state index is 0.0328. The maximum atomic E-state index is 13.7. The van der Waals surface area contributed by atoms with Gasteiger partial charge in [-0.2, -0.15) is 0 Å². The number of benzene rings is 2. The van der Waals surface area contributed by atoms with Gasteiger partial charge in [-0.05, 0) is 36.1 Å². The van der Waals surface area contributed by atoms with Gasteiger partial charge in [0.15, 0.2) is 0 Å². The van der Waals surface area contributed by atoms with Gasteiger partial charge in [-0.1, -0.05) is 48.9 Å². The van der Waals surface area contributed by atoms with Gasteiger partial charge < -0.3 is 14.4 Å². The Hall–Kier alpha value is -3.41. The number of hydrogen-bond acceptors (Lipinski definition) is 3. The first kappa shape index (κ1) is 21.4. The molecule has 170 valence electrons. The van der Waals surface area contributed by atoms with Crippen molar-refractivity contribution in [3.8, 4) is 0 Å². The molecule has 2 atom stereocenters. The molecule has 0 N–H and O–H groups in total. The van der Waals surface area contributed by atoms with Gasteiger partial charge in [-0.25, -0.2) is 4.98 Å². The third kappa shape index (κ3) is 4.06. The summed E-state index contributed by atoms with van der Waals surface area (Å²) >= 11 is 0. The summed E-state index contributed by atoms with van der Waals surface area (Å²) in [5.41, 5.74) is 2.59. The molecular formula is C27H30N4O2. The molecule has 33 heavy (non-hydrogen) atoms. The van der Waals surface area contributed by atoms with Crippen molar-refractivity contribution in [1.82, 2.24) is 19.4 Å². The topological polar surface area (TPSA) is 58.4 Å². The molecule has 3 aromatic rings. The first-order chi connectivity index (χ1) is 16.1. The van der Waals surface area contributed by atoms with Crippen LogP contribution in [0.1, 0.15) is 53.1 Å². The molecule has 0 unspecified atom stereocenters. The van der Waals surface area contributed by atoms with E-state index in [4.69, 9.17) is 0 Å². The van der Waals surface area contributed by atoms with Crippen molar-refractivity contribution in [3.63, 3.8) is 0 Å². The molecule has 6 nitrogen and oxygen atoms in total. The molecule has 0 radical (unpaired) electrons. The van der Waals surface area contributed by atoms with Crippen LogP contribution < -0.4 is 0 Å². The first-order valence-corrected chi connectivity index (χ1v) is 11.7. The minimum atomic E-state index is -0.362. The highest BCUT2D eigenvalue weighted by atomic mass is 16.2. The lowest BCUT2D eigenvalue weighted by Crippen LogP contribution is -2.53. The molecule has 0 bridgehead atoms. The Bertz CT molecular complexity index is 1130. The molecule has 6 heteroatoms. The summed E-state index contributed by atoms with van der Waals surface area (Å²) in [7, 11) is 1.93. The van der Waals surface area contributed by atoms with Gasteiger partial charge in [-0.15, -0.1) is 0 Å². The lowest BCUT2D eigenvalue weighted by molar-refractivity contribution is -0.134.